The second kappa shape index (κ2) is 5.38. The number of benzene rings is 2. The van der Waals surface area contributed by atoms with Gasteiger partial charge in [-0.2, -0.15) is 5.26 Å². The third kappa shape index (κ3) is 2.28. The Balaban J connectivity index is 1.99. The summed E-state index contributed by atoms with van der Waals surface area (Å²) in [6.45, 7) is 2.96. The lowest BCUT2D eigenvalue weighted by Gasteiger charge is -2.39. The van der Waals surface area contributed by atoms with Crippen LogP contribution in [0.4, 0.5) is 5.69 Å². The maximum atomic E-state index is 9.54. The van der Waals surface area contributed by atoms with Crippen LogP contribution in [-0.4, -0.2) is 6.04 Å². The van der Waals surface area contributed by atoms with Crippen molar-refractivity contribution in [3.8, 4) is 6.07 Å². The molecule has 2 heteroatoms. The van der Waals surface area contributed by atoms with E-state index < -0.39 is 0 Å². The van der Waals surface area contributed by atoms with Gasteiger partial charge in [0, 0.05) is 12.2 Å². The van der Waals surface area contributed by atoms with Gasteiger partial charge in [-0.15, -0.1) is 0 Å². The lowest BCUT2D eigenvalue weighted by atomic mass is 9.87. The zero-order valence-corrected chi connectivity index (χ0v) is 11.7. The third-order valence-corrected chi connectivity index (χ3v) is 4.05. The Morgan fingerprint density at radius 2 is 1.80 bits per heavy atom. The van der Waals surface area contributed by atoms with Gasteiger partial charge in [-0.25, -0.2) is 0 Å². The van der Waals surface area contributed by atoms with E-state index >= 15 is 0 Å². The maximum Gasteiger partial charge on any atom is 0.120 e. The summed E-state index contributed by atoms with van der Waals surface area (Å²) in [5.74, 6) is 0.360. The number of rotatable bonds is 2. The van der Waals surface area contributed by atoms with Crippen molar-refractivity contribution in [1.29, 1.82) is 5.26 Å². The van der Waals surface area contributed by atoms with Crippen LogP contribution in [0.25, 0.3) is 0 Å². The normalized spacial score (nSPS) is 21.1. The summed E-state index contributed by atoms with van der Waals surface area (Å²) >= 11 is 0. The molecule has 20 heavy (non-hydrogen) atoms. The van der Waals surface area contributed by atoms with Crippen molar-refractivity contribution in [2.24, 2.45) is 5.92 Å². The minimum atomic E-state index is -0.0508. The van der Waals surface area contributed by atoms with Crippen molar-refractivity contribution in [3.63, 3.8) is 0 Å². The SMILES string of the molecule is C[C@H]1Cc2ccccc2N(Cc2ccccc2)[C@@H]1C#N. The molecule has 0 fully saturated rings. The van der Waals surface area contributed by atoms with Crippen LogP contribution in [0, 0.1) is 17.2 Å². The molecule has 1 aliphatic rings. The monoisotopic (exact) mass is 262 g/mol. The Morgan fingerprint density at radius 3 is 2.55 bits per heavy atom. The predicted molar refractivity (Wildman–Crippen MR) is 81.3 cm³/mol. The summed E-state index contributed by atoms with van der Waals surface area (Å²) in [6, 6.07) is 21.3. The van der Waals surface area contributed by atoms with Crippen molar-refractivity contribution >= 4 is 5.69 Å². The summed E-state index contributed by atoms with van der Waals surface area (Å²) in [5, 5.41) is 9.54. The van der Waals surface area contributed by atoms with E-state index in [9.17, 15) is 5.26 Å². The van der Waals surface area contributed by atoms with Crippen LogP contribution in [0.15, 0.2) is 54.6 Å². The van der Waals surface area contributed by atoms with Gasteiger partial charge >= 0.3 is 0 Å². The fourth-order valence-corrected chi connectivity index (χ4v) is 3.04. The van der Waals surface area contributed by atoms with Gasteiger partial charge in [0.05, 0.1) is 6.07 Å². The van der Waals surface area contributed by atoms with Crippen LogP contribution >= 0.6 is 0 Å². The van der Waals surface area contributed by atoms with Gasteiger partial charge in [0.15, 0.2) is 0 Å². The van der Waals surface area contributed by atoms with E-state index in [-0.39, 0.29) is 6.04 Å². The first-order valence-corrected chi connectivity index (χ1v) is 7.07. The van der Waals surface area contributed by atoms with Gasteiger partial charge in [-0.1, -0.05) is 55.5 Å². The molecule has 0 aliphatic carbocycles. The fourth-order valence-electron chi connectivity index (χ4n) is 3.04. The number of hydrogen-bond acceptors (Lipinski definition) is 2. The average Bonchev–Trinajstić information content (AvgIpc) is 2.48. The molecule has 0 saturated carbocycles. The third-order valence-electron chi connectivity index (χ3n) is 4.05. The molecule has 0 radical (unpaired) electrons. The van der Waals surface area contributed by atoms with Crippen LogP contribution in [-0.2, 0) is 13.0 Å². The topological polar surface area (TPSA) is 27.0 Å². The van der Waals surface area contributed by atoms with Crippen LogP contribution < -0.4 is 4.90 Å². The van der Waals surface area contributed by atoms with Gasteiger partial charge < -0.3 is 4.90 Å². The number of nitrogens with zero attached hydrogens (tertiary/aromatic N) is 2. The van der Waals surface area contributed by atoms with Gasteiger partial charge in [-0.05, 0) is 29.5 Å². The molecular weight excluding hydrogens is 244 g/mol. The highest BCUT2D eigenvalue weighted by atomic mass is 15.2. The summed E-state index contributed by atoms with van der Waals surface area (Å²) in [5.41, 5.74) is 3.81. The van der Waals surface area contributed by atoms with E-state index in [0.29, 0.717) is 5.92 Å². The van der Waals surface area contributed by atoms with Gasteiger partial charge in [0.1, 0.15) is 6.04 Å². The maximum absolute atomic E-state index is 9.54. The van der Waals surface area contributed by atoms with Crippen molar-refractivity contribution in [3.05, 3.63) is 65.7 Å². The molecule has 0 aromatic heterocycles. The number of nitriles is 1. The highest BCUT2D eigenvalue weighted by Crippen LogP contribution is 2.34. The highest BCUT2D eigenvalue weighted by molar-refractivity contribution is 5.58. The Labute approximate surface area is 120 Å². The molecule has 2 aromatic rings. The molecule has 2 aromatic carbocycles. The Bertz CT molecular complexity index is 627. The molecule has 1 heterocycles. The second-order valence-corrected chi connectivity index (χ2v) is 5.50. The zero-order valence-electron chi connectivity index (χ0n) is 11.7. The Hall–Kier alpha value is -2.27. The molecule has 100 valence electrons. The van der Waals surface area contributed by atoms with Crippen molar-refractivity contribution < 1.29 is 0 Å². The van der Waals surface area contributed by atoms with Crippen LogP contribution in [0.1, 0.15) is 18.1 Å². The summed E-state index contributed by atoms with van der Waals surface area (Å²) in [4.78, 5) is 2.25. The highest BCUT2D eigenvalue weighted by Gasteiger charge is 2.31. The van der Waals surface area contributed by atoms with Gasteiger partial charge in [0.25, 0.3) is 0 Å². The molecule has 0 amide bonds. The summed E-state index contributed by atoms with van der Waals surface area (Å²) < 4.78 is 0. The van der Waals surface area contributed by atoms with E-state index in [1.165, 1.54) is 16.8 Å². The number of para-hydroxylation sites is 1. The molecule has 0 bridgehead atoms. The first-order chi connectivity index (χ1) is 9.79. The van der Waals surface area contributed by atoms with Crippen molar-refractivity contribution in [2.75, 3.05) is 4.90 Å². The van der Waals surface area contributed by atoms with E-state index in [1.54, 1.807) is 0 Å². The number of anilines is 1. The fraction of sp³-hybridized carbons (Fsp3) is 0.278. The molecule has 2 atom stereocenters. The lowest BCUT2D eigenvalue weighted by Crippen LogP contribution is -2.43. The molecule has 1 aliphatic heterocycles. The molecule has 0 saturated heterocycles. The smallest absolute Gasteiger partial charge is 0.120 e. The zero-order chi connectivity index (χ0) is 13.9. The van der Waals surface area contributed by atoms with Gasteiger partial charge in [-0.3, -0.25) is 0 Å². The van der Waals surface area contributed by atoms with Crippen LogP contribution in [0.2, 0.25) is 0 Å². The number of fused-ring (bicyclic) bond motifs is 1. The molecular formula is C18H18N2. The quantitative estimate of drug-likeness (QED) is 0.823. The van der Waals surface area contributed by atoms with Crippen LogP contribution in [0.5, 0.6) is 0 Å². The van der Waals surface area contributed by atoms with Gasteiger partial charge in [0.2, 0.25) is 0 Å². The minimum absolute atomic E-state index is 0.0508. The molecule has 0 spiro atoms. The van der Waals surface area contributed by atoms with E-state index in [1.807, 2.05) is 6.07 Å². The second-order valence-electron chi connectivity index (χ2n) is 5.50. The lowest BCUT2D eigenvalue weighted by molar-refractivity contribution is 0.463. The largest absolute Gasteiger partial charge is 0.351 e. The standard InChI is InChI=1S/C18H18N2/c1-14-11-16-9-5-6-10-17(16)20(18(14)12-19)13-15-7-3-2-4-8-15/h2-10,14,18H,11,13H2,1H3/t14-,18+/m0/s1. The van der Waals surface area contributed by atoms with Crippen LogP contribution in [0.3, 0.4) is 0 Å². The number of hydrogen-bond donors (Lipinski definition) is 0. The molecule has 0 unspecified atom stereocenters. The van der Waals surface area contributed by atoms with Crippen molar-refractivity contribution in [2.45, 2.75) is 25.9 Å². The van der Waals surface area contributed by atoms with E-state index in [0.717, 1.165) is 13.0 Å². The van der Waals surface area contributed by atoms with Crippen molar-refractivity contribution in [1.82, 2.24) is 0 Å². The molecule has 3 rings (SSSR count). The Kier molecular flexibility index (Phi) is 3.43. The first-order valence-electron chi connectivity index (χ1n) is 7.07. The Morgan fingerprint density at radius 1 is 1.10 bits per heavy atom. The minimum Gasteiger partial charge on any atom is -0.351 e. The predicted octanol–water partition coefficient (Wildman–Crippen LogP) is 3.78. The van der Waals surface area contributed by atoms with E-state index in [2.05, 4.69) is 66.4 Å². The molecule has 2 nitrogen and oxygen atoms in total. The average molecular weight is 262 g/mol. The summed E-state index contributed by atoms with van der Waals surface area (Å²) in [7, 11) is 0. The molecule has 0 N–H and O–H groups in total. The van der Waals surface area contributed by atoms with E-state index in [4.69, 9.17) is 0 Å². The first kappa shape index (κ1) is 12.7. The summed E-state index contributed by atoms with van der Waals surface area (Å²) in [6.07, 6.45) is 0.986.